The van der Waals surface area contributed by atoms with E-state index in [2.05, 4.69) is 10.3 Å². The summed E-state index contributed by atoms with van der Waals surface area (Å²) in [6, 6.07) is 9.08. The Morgan fingerprint density at radius 2 is 2.10 bits per heavy atom. The number of pyridine rings is 1. The molecule has 0 spiro atoms. The van der Waals surface area contributed by atoms with E-state index in [1.54, 1.807) is 19.2 Å². The Morgan fingerprint density at radius 1 is 1.35 bits per heavy atom. The van der Waals surface area contributed by atoms with Crippen LogP contribution in [0.4, 0.5) is 11.5 Å². The van der Waals surface area contributed by atoms with Gasteiger partial charge in [0.05, 0.1) is 17.7 Å². The molecule has 0 aliphatic rings. The maximum atomic E-state index is 6.00. The van der Waals surface area contributed by atoms with Crippen LogP contribution in [0, 0.1) is 6.92 Å². The van der Waals surface area contributed by atoms with Gasteiger partial charge < -0.3 is 15.8 Å². The van der Waals surface area contributed by atoms with E-state index in [4.69, 9.17) is 34.3 Å². The van der Waals surface area contributed by atoms with Gasteiger partial charge in [-0.3, -0.25) is 0 Å². The van der Waals surface area contributed by atoms with Crippen molar-refractivity contribution in [2.45, 2.75) is 6.92 Å². The lowest BCUT2D eigenvalue weighted by atomic mass is 10.2. The molecule has 0 saturated carbocycles. The van der Waals surface area contributed by atoms with Crippen molar-refractivity contribution in [2.75, 3.05) is 12.4 Å². The van der Waals surface area contributed by atoms with Crippen LogP contribution in [0.3, 0.4) is 0 Å². The molecule has 2 rings (SSSR count). The van der Waals surface area contributed by atoms with Crippen molar-refractivity contribution in [2.24, 2.45) is 5.73 Å². The van der Waals surface area contributed by atoms with Crippen LogP contribution >= 0.6 is 23.8 Å². The number of halogens is 1. The number of nitrogens with one attached hydrogen (secondary N) is 1. The molecule has 0 atom stereocenters. The lowest BCUT2D eigenvalue weighted by Crippen LogP contribution is -2.13. The monoisotopic (exact) mass is 307 g/mol. The molecule has 104 valence electrons. The maximum absolute atomic E-state index is 6.00. The molecule has 20 heavy (non-hydrogen) atoms. The lowest BCUT2D eigenvalue weighted by molar-refractivity contribution is 0.415. The minimum absolute atomic E-state index is 0.293. The number of nitrogens with two attached hydrogens (primary N) is 1. The number of nitrogens with zero attached hydrogens (tertiary/aromatic N) is 1. The van der Waals surface area contributed by atoms with E-state index in [9.17, 15) is 0 Å². The standard InChI is InChI=1S/C14H14ClN3OS/c1-8-3-5-10(13(16)20)14(17-8)18-9-4-6-11(15)12(7-9)19-2/h3-7H,1-2H3,(H2,16,20)(H,17,18). The van der Waals surface area contributed by atoms with Gasteiger partial charge in [-0.05, 0) is 31.2 Å². The van der Waals surface area contributed by atoms with Crippen molar-refractivity contribution < 1.29 is 4.74 Å². The van der Waals surface area contributed by atoms with E-state index in [0.717, 1.165) is 11.4 Å². The number of aromatic nitrogens is 1. The highest BCUT2D eigenvalue weighted by Crippen LogP contribution is 2.29. The second-order valence-corrected chi connectivity index (χ2v) is 5.03. The molecule has 0 fully saturated rings. The summed E-state index contributed by atoms with van der Waals surface area (Å²) in [7, 11) is 1.57. The van der Waals surface area contributed by atoms with Crippen LogP contribution < -0.4 is 15.8 Å². The molecule has 0 aliphatic carbocycles. The molecule has 4 nitrogen and oxygen atoms in total. The van der Waals surface area contributed by atoms with Gasteiger partial charge in [-0.1, -0.05) is 23.8 Å². The average Bonchev–Trinajstić information content (AvgIpc) is 2.40. The second-order valence-electron chi connectivity index (χ2n) is 4.19. The summed E-state index contributed by atoms with van der Waals surface area (Å²) >= 11 is 11.0. The molecular weight excluding hydrogens is 294 g/mol. The van der Waals surface area contributed by atoms with Crippen molar-refractivity contribution in [3.05, 3.63) is 46.6 Å². The molecule has 0 radical (unpaired) electrons. The first-order valence-corrected chi connectivity index (χ1v) is 6.68. The van der Waals surface area contributed by atoms with Crippen LogP contribution in [-0.4, -0.2) is 17.1 Å². The van der Waals surface area contributed by atoms with Crippen molar-refractivity contribution in [1.82, 2.24) is 4.98 Å². The zero-order chi connectivity index (χ0) is 14.7. The SMILES string of the molecule is COc1cc(Nc2nc(C)ccc2C(N)=S)ccc1Cl. The molecule has 0 saturated heterocycles. The number of hydrogen-bond acceptors (Lipinski definition) is 4. The minimum atomic E-state index is 0.293. The van der Waals surface area contributed by atoms with Gasteiger partial charge in [0.25, 0.3) is 0 Å². The summed E-state index contributed by atoms with van der Waals surface area (Å²) in [6.07, 6.45) is 0. The fourth-order valence-electron chi connectivity index (χ4n) is 1.73. The highest BCUT2D eigenvalue weighted by atomic mass is 35.5. The zero-order valence-electron chi connectivity index (χ0n) is 11.1. The largest absolute Gasteiger partial charge is 0.495 e. The quantitative estimate of drug-likeness (QED) is 0.847. The molecule has 1 aromatic carbocycles. The summed E-state index contributed by atoms with van der Waals surface area (Å²) in [4.78, 5) is 4.71. The molecule has 3 N–H and O–H groups in total. The topological polar surface area (TPSA) is 60.2 Å². The number of methoxy groups -OCH3 is 1. The third-order valence-corrected chi connectivity index (χ3v) is 3.25. The van der Waals surface area contributed by atoms with Crippen LogP contribution in [0.2, 0.25) is 5.02 Å². The van der Waals surface area contributed by atoms with Crippen LogP contribution in [0.5, 0.6) is 5.75 Å². The van der Waals surface area contributed by atoms with Crippen LogP contribution in [0.25, 0.3) is 0 Å². The van der Waals surface area contributed by atoms with E-state index in [1.807, 2.05) is 25.1 Å². The fraction of sp³-hybridized carbons (Fsp3) is 0.143. The van der Waals surface area contributed by atoms with Crippen molar-refractivity contribution in [1.29, 1.82) is 0 Å². The molecule has 0 amide bonds. The Kier molecular flexibility index (Phi) is 4.42. The minimum Gasteiger partial charge on any atom is -0.495 e. The molecule has 2 aromatic rings. The van der Waals surface area contributed by atoms with Crippen molar-refractivity contribution in [3.8, 4) is 5.75 Å². The molecule has 0 unspecified atom stereocenters. The van der Waals surface area contributed by atoms with Crippen LogP contribution in [0.15, 0.2) is 30.3 Å². The number of thiocarbonyl (C=S) groups is 1. The number of aryl methyl sites for hydroxylation is 1. The predicted molar refractivity (Wildman–Crippen MR) is 86.1 cm³/mol. The molecular formula is C14H14ClN3OS. The Bertz CT molecular complexity index is 661. The summed E-state index contributed by atoms with van der Waals surface area (Å²) in [5.41, 5.74) is 8.06. The number of benzene rings is 1. The smallest absolute Gasteiger partial charge is 0.140 e. The number of rotatable bonds is 4. The van der Waals surface area contributed by atoms with E-state index >= 15 is 0 Å². The number of ether oxygens (including phenoxy) is 1. The van der Waals surface area contributed by atoms with E-state index in [1.165, 1.54) is 0 Å². The Labute approximate surface area is 127 Å². The van der Waals surface area contributed by atoms with Gasteiger partial charge >= 0.3 is 0 Å². The van der Waals surface area contributed by atoms with Crippen molar-refractivity contribution in [3.63, 3.8) is 0 Å². The van der Waals surface area contributed by atoms with Crippen LogP contribution in [-0.2, 0) is 0 Å². The fourth-order valence-corrected chi connectivity index (χ4v) is 2.08. The van der Waals surface area contributed by atoms with Gasteiger partial charge in [0.2, 0.25) is 0 Å². The van der Waals surface area contributed by atoms with Gasteiger partial charge in [0.1, 0.15) is 16.6 Å². The van der Waals surface area contributed by atoms with Gasteiger partial charge in [0, 0.05) is 17.4 Å². The maximum Gasteiger partial charge on any atom is 0.140 e. The number of hydrogen-bond donors (Lipinski definition) is 2. The Hall–Kier alpha value is -1.85. The number of anilines is 2. The molecule has 0 aliphatic heterocycles. The van der Waals surface area contributed by atoms with E-state index in [-0.39, 0.29) is 0 Å². The first-order valence-electron chi connectivity index (χ1n) is 5.89. The second kappa shape index (κ2) is 6.07. The average molecular weight is 308 g/mol. The summed E-state index contributed by atoms with van der Waals surface area (Å²) in [6.45, 7) is 1.90. The normalized spacial score (nSPS) is 10.2. The third-order valence-electron chi connectivity index (χ3n) is 2.71. The molecule has 0 bridgehead atoms. The van der Waals surface area contributed by atoms with Crippen LogP contribution in [0.1, 0.15) is 11.3 Å². The van der Waals surface area contributed by atoms with Gasteiger partial charge in [-0.2, -0.15) is 0 Å². The molecule has 1 aromatic heterocycles. The van der Waals surface area contributed by atoms with Crippen molar-refractivity contribution >= 4 is 40.3 Å². The highest BCUT2D eigenvalue weighted by molar-refractivity contribution is 7.80. The first-order chi connectivity index (χ1) is 9.51. The van der Waals surface area contributed by atoms with Gasteiger partial charge in [-0.25, -0.2) is 4.98 Å². The molecule has 1 heterocycles. The Balaban J connectivity index is 2.39. The van der Waals surface area contributed by atoms with E-state index in [0.29, 0.717) is 27.1 Å². The summed E-state index contributed by atoms with van der Waals surface area (Å²) < 4.78 is 5.18. The highest BCUT2D eigenvalue weighted by Gasteiger charge is 2.09. The summed E-state index contributed by atoms with van der Waals surface area (Å²) in [5.74, 6) is 1.20. The first kappa shape index (κ1) is 14.6. The zero-order valence-corrected chi connectivity index (χ0v) is 12.7. The molecule has 6 heteroatoms. The van der Waals surface area contributed by atoms with Gasteiger partial charge in [0.15, 0.2) is 0 Å². The summed E-state index contributed by atoms with van der Waals surface area (Å²) in [5, 5.41) is 3.73. The van der Waals surface area contributed by atoms with Gasteiger partial charge in [-0.15, -0.1) is 0 Å². The lowest BCUT2D eigenvalue weighted by Gasteiger charge is -2.12. The van der Waals surface area contributed by atoms with E-state index < -0.39 is 0 Å². The Morgan fingerprint density at radius 3 is 2.75 bits per heavy atom. The third kappa shape index (κ3) is 3.18. The predicted octanol–water partition coefficient (Wildman–Crippen LogP) is 3.43.